The monoisotopic (exact) mass is 247 g/mol. The largest absolute Gasteiger partial charge is 0.497 e. The minimum atomic E-state index is -0.389. The second-order valence-corrected chi connectivity index (χ2v) is 3.82. The Morgan fingerprint density at radius 2 is 2.22 bits per heavy atom. The van der Waals surface area contributed by atoms with Crippen molar-refractivity contribution in [2.45, 2.75) is 6.04 Å². The summed E-state index contributed by atoms with van der Waals surface area (Å²) in [4.78, 5) is 12.5. The first-order valence-corrected chi connectivity index (χ1v) is 5.39. The molecule has 1 aromatic carbocycles. The lowest BCUT2D eigenvalue weighted by molar-refractivity contribution is 0.232. The normalized spacial score (nSPS) is 18.2. The minimum Gasteiger partial charge on any atom is -0.497 e. The number of nitriles is 1. The van der Waals surface area contributed by atoms with Crippen LogP contribution >= 0.6 is 0 Å². The zero-order valence-corrected chi connectivity index (χ0v) is 10.1. The second-order valence-electron chi connectivity index (χ2n) is 3.82. The second kappa shape index (κ2) is 4.84. The van der Waals surface area contributed by atoms with Gasteiger partial charge in [-0.05, 0) is 12.1 Å². The number of ether oxygens (including phenoxy) is 2. The lowest BCUT2D eigenvalue weighted by atomic mass is 10.1. The Hall–Kier alpha value is -2.42. The topological polar surface area (TPSA) is 74.6 Å². The Morgan fingerprint density at radius 3 is 2.78 bits per heavy atom. The van der Waals surface area contributed by atoms with E-state index in [2.05, 4.69) is 5.32 Å². The molecule has 0 aromatic heterocycles. The molecular weight excluding hydrogens is 234 g/mol. The molecule has 1 aliphatic heterocycles. The van der Waals surface area contributed by atoms with Crippen LogP contribution in [0.3, 0.4) is 0 Å². The molecule has 0 aliphatic carbocycles. The van der Waals surface area contributed by atoms with Gasteiger partial charge in [0.15, 0.2) is 6.19 Å². The summed E-state index contributed by atoms with van der Waals surface area (Å²) < 4.78 is 10.4. The fourth-order valence-electron chi connectivity index (χ4n) is 1.91. The van der Waals surface area contributed by atoms with E-state index < -0.39 is 0 Å². The minimum absolute atomic E-state index is 0.252. The molecule has 1 N–H and O–H groups in total. The molecule has 1 unspecified atom stereocenters. The van der Waals surface area contributed by atoms with Gasteiger partial charge in [0.1, 0.15) is 11.5 Å². The number of nitrogens with zero attached hydrogens (tertiary/aromatic N) is 2. The summed E-state index contributed by atoms with van der Waals surface area (Å²) in [6.45, 7) is 0.304. The fraction of sp³-hybridized carbons (Fsp3) is 0.333. The number of rotatable bonds is 3. The van der Waals surface area contributed by atoms with Crippen molar-refractivity contribution in [3.8, 4) is 17.7 Å². The van der Waals surface area contributed by atoms with Crippen LogP contribution in [0.25, 0.3) is 0 Å². The molecule has 1 aliphatic rings. The maximum Gasteiger partial charge on any atom is 0.331 e. The van der Waals surface area contributed by atoms with Crippen molar-refractivity contribution in [1.82, 2.24) is 10.2 Å². The van der Waals surface area contributed by atoms with Gasteiger partial charge in [-0.15, -0.1) is 0 Å². The van der Waals surface area contributed by atoms with E-state index in [0.717, 1.165) is 10.5 Å². The Kier molecular flexibility index (Phi) is 3.24. The van der Waals surface area contributed by atoms with Gasteiger partial charge in [0, 0.05) is 11.6 Å². The fourth-order valence-corrected chi connectivity index (χ4v) is 1.91. The zero-order chi connectivity index (χ0) is 13.1. The Bertz CT molecular complexity index is 510. The van der Waals surface area contributed by atoms with Crippen LogP contribution in [0.5, 0.6) is 11.5 Å². The van der Waals surface area contributed by atoms with Crippen LogP contribution in [0.4, 0.5) is 4.79 Å². The molecule has 1 fully saturated rings. The smallest absolute Gasteiger partial charge is 0.331 e. The van der Waals surface area contributed by atoms with Crippen LogP contribution in [0.2, 0.25) is 0 Å². The van der Waals surface area contributed by atoms with E-state index in [4.69, 9.17) is 14.7 Å². The van der Waals surface area contributed by atoms with E-state index in [1.807, 2.05) is 12.3 Å². The van der Waals surface area contributed by atoms with E-state index in [9.17, 15) is 4.79 Å². The van der Waals surface area contributed by atoms with Gasteiger partial charge >= 0.3 is 6.03 Å². The molecule has 0 spiro atoms. The molecule has 6 heteroatoms. The van der Waals surface area contributed by atoms with Crippen molar-refractivity contribution in [1.29, 1.82) is 5.26 Å². The third kappa shape index (κ3) is 2.02. The Morgan fingerprint density at radius 1 is 1.44 bits per heavy atom. The molecule has 1 heterocycles. The summed E-state index contributed by atoms with van der Waals surface area (Å²) in [7, 11) is 3.13. The SMILES string of the molecule is COc1ccc(C2CN(C#N)C(=O)N2)c(OC)c1. The predicted molar refractivity (Wildman–Crippen MR) is 63.1 cm³/mol. The highest BCUT2D eigenvalue weighted by Crippen LogP contribution is 2.31. The van der Waals surface area contributed by atoms with Gasteiger partial charge < -0.3 is 14.8 Å². The summed E-state index contributed by atoms with van der Waals surface area (Å²) in [6.07, 6.45) is 1.83. The quantitative estimate of drug-likeness (QED) is 0.816. The molecule has 6 nitrogen and oxygen atoms in total. The van der Waals surface area contributed by atoms with Crippen molar-refractivity contribution in [2.24, 2.45) is 0 Å². The van der Waals surface area contributed by atoms with Crippen LogP contribution in [0.15, 0.2) is 18.2 Å². The highest BCUT2D eigenvalue weighted by Gasteiger charge is 2.31. The highest BCUT2D eigenvalue weighted by atomic mass is 16.5. The molecule has 94 valence electrons. The van der Waals surface area contributed by atoms with Crippen LogP contribution in [0, 0.1) is 11.5 Å². The number of carbonyl (C=O) groups is 1. The first-order chi connectivity index (χ1) is 8.69. The summed E-state index contributed by atoms with van der Waals surface area (Å²) >= 11 is 0. The molecule has 0 bridgehead atoms. The molecule has 2 rings (SSSR count). The van der Waals surface area contributed by atoms with E-state index in [0.29, 0.717) is 18.0 Å². The van der Waals surface area contributed by atoms with Gasteiger partial charge in [-0.25, -0.2) is 9.69 Å². The summed E-state index contributed by atoms with van der Waals surface area (Å²) in [5, 5.41) is 11.5. The molecule has 1 aromatic rings. The number of nitrogens with one attached hydrogen (secondary N) is 1. The number of hydrogen-bond acceptors (Lipinski definition) is 4. The third-order valence-corrected chi connectivity index (χ3v) is 2.84. The Balaban J connectivity index is 2.29. The van der Waals surface area contributed by atoms with Crippen LogP contribution < -0.4 is 14.8 Å². The maximum atomic E-state index is 11.4. The van der Waals surface area contributed by atoms with Gasteiger partial charge in [0.2, 0.25) is 0 Å². The average molecular weight is 247 g/mol. The van der Waals surface area contributed by atoms with Crippen molar-refractivity contribution in [2.75, 3.05) is 20.8 Å². The standard InChI is InChI=1S/C12H13N3O3/c1-17-8-3-4-9(11(5-8)18-2)10-6-15(7-13)12(16)14-10/h3-5,10H,6H2,1-2H3,(H,14,16). The van der Waals surface area contributed by atoms with Gasteiger partial charge in [-0.1, -0.05) is 0 Å². The average Bonchev–Trinajstić information content (AvgIpc) is 2.79. The third-order valence-electron chi connectivity index (χ3n) is 2.84. The van der Waals surface area contributed by atoms with E-state index in [1.165, 1.54) is 0 Å². The molecular formula is C12H13N3O3. The van der Waals surface area contributed by atoms with Crippen molar-refractivity contribution >= 4 is 6.03 Å². The van der Waals surface area contributed by atoms with Crippen molar-refractivity contribution < 1.29 is 14.3 Å². The van der Waals surface area contributed by atoms with Gasteiger partial charge in [0.05, 0.1) is 26.8 Å². The number of methoxy groups -OCH3 is 2. The van der Waals surface area contributed by atoms with Crippen molar-refractivity contribution in [3.63, 3.8) is 0 Å². The first-order valence-electron chi connectivity index (χ1n) is 5.39. The molecule has 18 heavy (non-hydrogen) atoms. The van der Waals surface area contributed by atoms with Crippen molar-refractivity contribution in [3.05, 3.63) is 23.8 Å². The van der Waals surface area contributed by atoms with Crippen LogP contribution in [0.1, 0.15) is 11.6 Å². The van der Waals surface area contributed by atoms with Gasteiger partial charge in [0.25, 0.3) is 0 Å². The van der Waals surface area contributed by atoms with Gasteiger partial charge in [-0.3, -0.25) is 0 Å². The Labute approximate surface area is 105 Å². The molecule has 0 radical (unpaired) electrons. The number of amides is 2. The molecule has 1 saturated heterocycles. The molecule has 0 saturated carbocycles. The number of carbonyl (C=O) groups excluding carboxylic acids is 1. The predicted octanol–water partition coefficient (Wildman–Crippen LogP) is 1.25. The lowest BCUT2D eigenvalue weighted by Gasteiger charge is -2.14. The number of urea groups is 1. The first kappa shape index (κ1) is 12.0. The number of hydrogen-bond donors (Lipinski definition) is 1. The molecule has 1 atom stereocenters. The molecule has 2 amide bonds. The maximum absolute atomic E-state index is 11.4. The number of benzene rings is 1. The van der Waals surface area contributed by atoms with Crippen LogP contribution in [-0.4, -0.2) is 31.7 Å². The summed E-state index contributed by atoms with van der Waals surface area (Å²) in [6, 6.07) is 4.72. The van der Waals surface area contributed by atoms with Crippen LogP contribution in [-0.2, 0) is 0 Å². The lowest BCUT2D eigenvalue weighted by Crippen LogP contribution is -2.23. The van der Waals surface area contributed by atoms with E-state index in [-0.39, 0.29) is 12.1 Å². The highest BCUT2D eigenvalue weighted by molar-refractivity contribution is 5.79. The van der Waals surface area contributed by atoms with E-state index >= 15 is 0 Å². The summed E-state index contributed by atoms with van der Waals surface area (Å²) in [5.41, 5.74) is 0.824. The zero-order valence-electron chi connectivity index (χ0n) is 10.1. The van der Waals surface area contributed by atoms with E-state index in [1.54, 1.807) is 26.4 Å². The summed E-state index contributed by atoms with van der Waals surface area (Å²) in [5.74, 6) is 1.30. The van der Waals surface area contributed by atoms with Gasteiger partial charge in [-0.2, -0.15) is 5.26 Å².